The van der Waals surface area contributed by atoms with Gasteiger partial charge in [-0.25, -0.2) is 4.99 Å². The molecular formula is C15H11BrN2O2S. The van der Waals surface area contributed by atoms with Crippen molar-refractivity contribution in [3.05, 3.63) is 57.3 Å². The summed E-state index contributed by atoms with van der Waals surface area (Å²) in [7, 11) is 0. The van der Waals surface area contributed by atoms with E-state index in [-0.39, 0.29) is 5.91 Å². The minimum Gasteiger partial charge on any atom is -0.450 e. The minimum atomic E-state index is -0.168. The van der Waals surface area contributed by atoms with Crippen LogP contribution in [-0.4, -0.2) is 11.1 Å². The zero-order valence-electron chi connectivity index (χ0n) is 11.1. The van der Waals surface area contributed by atoms with Gasteiger partial charge in [-0.3, -0.25) is 4.79 Å². The van der Waals surface area contributed by atoms with Gasteiger partial charge in [-0.15, -0.1) is 0 Å². The maximum atomic E-state index is 11.9. The van der Waals surface area contributed by atoms with Gasteiger partial charge in [-0.05, 0) is 58.9 Å². The van der Waals surface area contributed by atoms with E-state index < -0.39 is 0 Å². The number of hydrogen-bond acceptors (Lipinski definition) is 4. The highest BCUT2D eigenvalue weighted by Gasteiger charge is 2.24. The fourth-order valence-electron chi connectivity index (χ4n) is 1.75. The van der Waals surface area contributed by atoms with Crippen molar-refractivity contribution in [1.82, 2.24) is 5.32 Å². The minimum absolute atomic E-state index is 0.168. The SMILES string of the molecule is Cc1ccc(N=C2NC(=O)C(=Cc3ccc(Br)o3)S2)cc1. The molecule has 0 spiro atoms. The molecule has 3 rings (SSSR count). The maximum Gasteiger partial charge on any atom is 0.264 e. The summed E-state index contributed by atoms with van der Waals surface area (Å²) in [5.41, 5.74) is 1.98. The number of carbonyl (C=O) groups excluding carboxylic acids is 1. The van der Waals surface area contributed by atoms with Crippen LogP contribution < -0.4 is 5.32 Å². The first kappa shape index (κ1) is 14.2. The largest absolute Gasteiger partial charge is 0.450 e. The summed E-state index contributed by atoms with van der Waals surface area (Å²) in [6, 6.07) is 11.4. The number of rotatable bonds is 2. The van der Waals surface area contributed by atoms with E-state index in [9.17, 15) is 4.79 Å². The highest BCUT2D eigenvalue weighted by Crippen LogP contribution is 2.29. The number of thioether (sulfide) groups is 1. The lowest BCUT2D eigenvalue weighted by molar-refractivity contribution is -0.115. The smallest absolute Gasteiger partial charge is 0.264 e. The van der Waals surface area contributed by atoms with Crippen LogP contribution in [0.25, 0.3) is 6.08 Å². The molecule has 1 N–H and O–H groups in total. The average Bonchev–Trinajstić information content (AvgIpc) is 3.00. The van der Waals surface area contributed by atoms with Crippen LogP contribution in [0.3, 0.4) is 0 Å². The summed E-state index contributed by atoms with van der Waals surface area (Å²) in [5.74, 6) is 0.453. The Morgan fingerprint density at radius 2 is 2.00 bits per heavy atom. The first-order valence-corrected chi connectivity index (χ1v) is 7.83. The standard InChI is InChI=1S/C15H11BrN2O2S/c1-9-2-4-10(5-3-9)17-15-18-14(19)12(21-15)8-11-6-7-13(16)20-11/h2-8H,1H3,(H,17,18,19). The summed E-state index contributed by atoms with van der Waals surface area (Å²) in [6.45, 7) is 2.02. The number of aryl methyl sites for hydroxylation is 1. The van der Waals surface area contributed by atoms with Crippen LogP contribution in [0.15, 0.2) is 55.4 Å². The number of amidine groups is 1. The molecule has 0 bridgehead atoms. The Morgan fingerprint density at radius 1 is 1.24 bits per heavy atom. The van der Waals surface area contributed by atoms with E-state index in [2.05, 4.69) is 26.2 Å². The molecule has 0 radical (unpaired) electrons. The van der Waals surface area contributed by atoms with Crippen LogP contribution in [0, 0.1) is 6.92 Å². The Kier molecular flexibility index (Phi) is 3.98. The topological polar surface area (TPSA) is 54.6 Å². The molecule has 2 aromatic rings. The van der Waals surface area contributed by atoms with Crippen molar-refractivity contribution in [2.45, 2.75) is 6.92 Å². The second-order valence-corrected chi connectivity index (χ2v) is 6.27. The molecule has 2 heterocycles. The Hall–Kier alpha value is -1.79. The number of benzene rings is 1. The highest BCUT2D eigenvalue weighted by atomic mass is 79.9. The van der Waals surface area contributed by atoms with Crippen LogP contribution in [0.5, 0.6) is 0 Å². The predicted molar refractivity (Wildman–Crippen MR) is 88.4 cm³/mol. The number of halogens is 1. The van der Waals surface area contributed by atoms with Crippen molar-refractivity contribution < 1.29 is 9.21 Å². The maximum absolute atomic E-state index is 11.9. The summed E-state index contributed by atoms with van der Waals surface area (Å²) in [6.07, 6.45) is 1.70. The van der Waals surface area contributed by atoms with Crippen molar-refractivity contribution in [2.24, 2.45) is 4.99 Å². The van der Waals surface area contributed by atoms with Gasteiger partial charge in [0.05, 0.1) is 10.6 Å². The van der Waals surface area contributed by atoms with E-state index in [0.717, 1.165) is 5.69 Å². The van der Waals surface area contributed by atoms with Crippen molar-refractivity contribution >= 4 is 50.5 Å². The number of nitrogens with one attached hydrogen (secondary N) is 1. The van der Waals surface area contributed by atoms with E-state index in [4.69, 9.17) is 4.42 Å². The molecule has 6 heteroatoms. The Labute approximate surface area is 134 Å². The Balaban J connectivity index is 1.81. The van der Waals surface area contributed by atoms with Gasteiger partial charge in [-0.1, -0.05) is 17.7 Å². The van der Waals surface area contributed by atoms with Gasteiger partial charge in [0.25, 0.3) is 5.91 Å². The van der Waals surface area contributed by atoms with Crippen LogP contribution in [0.4, 0.5) is 5.69 Å². The number of aliphatic imine (C=N–C) groups is 1. The van der Waals surface area contributed by atoms with E-state index in [1.807, 2.05) is 31.2 Å². The van der Waals surface area contributed by atoms with E-state index in [1.165, 1.54) is 17.3 Å². The number of nitrogens with zero attached hydrogens (tertiary/aromatic N) is 1. The van der Waals surface area contributed by atoms with Gasteiger partial charge in [0, 0.05) is 6.08 Å². The molecule has 1 saturated heterocycles. The molecule has 106 valence electrons. The molecule has 1 aliphatic heterocycles. The predicted octanol–water partition coefficient (Wildman–Crippen LogP) is 4.24. The summed E-state index contributed by atoms with van der Waals surface area (Å²) < 4.78 is 6.00. The van der Waals surface area contributed by atoms with Crippen molar-refractivity contribution in [3.8, 4) is 0 Å². The Morgan fingerprint density at radius 3 is 2.67 bits per heavy atom. The third-order valence-corrected chi connectivity index (χ3v) is 4.12. The summed E-state index contributed by atoms with van der Waals surface area (Å²) in [5, 5.41) is 3.32. The van der Waals surface area contributed by atoms with Crippen LogP contribution >= 0.6 is 27.7 Å². The van der Waals surface area contributed by atoms with Crippen LogP contribution in [0.2, 0.25) is 0 Å². The fourth-order valence-corrected chi connectivity index (χ4v) is 2.89. The number of furan rings is 1. The van der Waals surface area contributed by atoms with E-state index >= 15 is 0 Å². The van der Waals surface area contributed by atoms with Gasteiger partial charge >= 0.3 is 0 Å². The molecule has 0 unspecified atom stereocenters. The van der Waals surface area contributed by atoms with Crippen molar-refractivity contribution in [3.63, 3.8) is 0 Å². The average molecular weight is 363 g/mol. The van der Waals surface area contributed by atoms with Gasteiger partial charge in [0.15, 0.2) is 9.84 Å². The van der Waals surface area contributed by atoms with Gasteiger partial charge in [-0.2, -0.15) is 0 Å². The first-order chi connectivity index (χ1) is 10.1. The fraction of sp³-hybridized carbons (Fsp3) is 0.0667. The highest BCUT2D eigenvalue weighted by molar-refractivity contribution is 9.10. The van der Waals surface area contributed by atoms with E-state index in [1.54, 1.807) is 18.2 Å². The monoisotopic (exact) mass is 362 g/mol. The zero-order valence-corrected chi connectivity index (χ0v) is 13.5. The molecule has 0 saturated carbocycles. The number of carbonyl (C=O) groups is 1. The van der Waals surface area contributed by atoms with Crippen molar-refractivity contribution in [1.29, 1.82) is 0 Å². The van der Waals surface area contributed by atoms with Crippen LogP contribution in [0.1, 0.15) is 11.3 Å². The molecule has 1 fully saturated rings. The third-order valence-electron chi connectivity index (χ3n) is 2.78. The molecule has 1 aromatic carbocycles. The van der Waals surface area contributed by atoms with Gasteiger partial charge < -0.3 is 9.73 Å². The molecular weight excluding hydrogens is 352 g/mol. The molecule has 0 aliphatic carbocycles. The van der Waals surface area contributed by atoms with Crippen LogP contribution in [-0.2, 0) is 4.79 Å². The molecule has 1 amide bonds. The number of hydrogen-bond donors (Lipinski definition) is 1. The second kappa shape index (κ2) is 5.91. The lowest BCUT2D eigenvalue weighted by atomic mass is 10.2. The van der Waals surface area contributed by atoms with Gasteiger partial charge in [0.1, 0.15) is 5.76 Å². The normalized spacial score (nSPS) is 18.5. The molecule has 4 nitrogen and oxygen atoms in total. The molecule has 21 heavy (non-hydrogen) atoms. The quantitative estimate of drug-likeness (QED) is 0.812. The van der Waals surface area contributed by atoms with Crippen molar-refractivity contribution in [2.75, 3.05) is 0 Å². The molecule has 1 aromatic heterocycles. The first-order valence-electron chi connectivity index (χ1n) is 6.22. The Bertz CT molecular complexity index is 747. The zero-order chi connectivity index (χ0) is 14.8. The number of amides is 1. The summed E-state index contributed by atoms with van der Waals surface area (Å²) >= 11 is 4.53. The lowest BCUT2D eigenvalue weighted by Crippen LogP contribution is -2.19. The van der Waals surface area contributed by atoms with Gasteiger partial charge in [0.2, 0.25) is 0 Å². The third kappa shape index (κ3) is 3.46. The molecule has 1 aliphatic rings. The second-order valence-electron chi connectivity index (χ2n) is 4.46. The lowest BCUT2D eigenvalue weighted by Gasteiger charge is -1.96. The van der Waals surface area contributed by atoms with E-state index in [0.29, 0.717) is 20.5 Å². The molecule has 0 atom stereocenters. The summed E-state index contributed by atoms with van der Waals surface area (Å²) in [4.78, 5) is 16.9.